The van der Waals surface area contributed by atoms with Crippen molar-refractivity contribution in [2.75, 3.05) is 6.54 Å². The molecule has 3 rings (SSSR count). The van der Waals surface area contributed by atoms with E-state index >= 15 is 0 Å². The number of benzene rings is 1. The van der Waals surface area contributed by atoms with E-state index in [0.29, 0.717) is 13.0 Å². The molecule has 1 N–H and O–H groups in total. The molecule has 0 unspecified atom stereocenters. The van der Waals surface area contributed by atoms with Crippen molar-refractivity contribution in [2.45, 2.75) is 44.9 Å². The number of amides is 1. The molecule has 3 nitrogen and oxygen atoms in total. The summed E-state index contributed by atoms with van der Waals surface area (Å²) in [6.07, 6.45) is 6.67. The van der Waals surface area contributed by atoms with E-state index in [2.05, 4.69) is 10.3 Å². The molecule has 2 aromatic rings. The smallest absolute Gasteiger partial charge is 0.220 e. The van der Waals surface area contributed by atoms with Crippen molar-refractivity contribution in [3.63, 3.8) is 0 Å². The monoisotopic (exact) mass is 332 g/mol. The molecule has 0 saturated heterocycles. The van der Waals surface area contributed by atoms with Crippen LogP contribution in [0.1, 0.15) is 40.4 Å². The van der Waals surface area contributed by atoms with Gasteiger partial charge < -0.3 is 5.32 Å². The zero-order valence-corrected chi connectivity index (χ0v) is 13.9. The highest BCUT2D eigenvalue weighted by molar-refractivity contribution is 7.11. The lowest BCUT2D eigenvalue weighted by atomic mass is 10.0. The molecular formula is C18H21FN2OS. The highest BCUT2D eigenvalue weighted by Gasteiger charge is 2.15. The molecule has 0 radical (unpaired) electrons. The summed E-state index contributed by atoms with van der Waals surface area (Å²) in [7, 11) is 0. The number of rotatable bonds is 6. The zero-order valence-electron chi connectivity index (χ0n) is 13.1. The molecule has 1 amide bonds. The Morgan fingerprint density at radius 3 is 2.74 bits per heavy atom. The summed E-state index contributed by atoms with van der Waals surface area (Å²) in [6, 6.07) is 6.39. The number of hydrogen-bond acceptors (Lipinski definition) is 3. The first-order chi connectivity index (χ1) is 11.2. The van der Waals surface area contributed by atoms with Gasteiger partial charge >= 0.3 is 0 Å². The third-order valence-electron chi connectivity index (χ3n) is 4.10. The number of halogens is 1. The van der Waals surface area contributed by atoms with Gasteiger partial charge in [0.25, 0.3) is 0 Å². The van der Waals surface area contributed by atoms with E-state index in [0.717, 1.165) is 36.3 Å². The van der Waals surface area contributed by atoms with Crippen LogP contribution in [0.25, 0.3) is 0 Å². The Balaban J connectivity index is 1.39. The Labute approximate surface area is 140 Å². The largest absolute Gasteiger partial charge is 0.356 e. The lowest BCUT2D eigenvalue weighted by Gasteiger charge is -2.06. The maximum Gasteiger partial charge on any atom is 0.220 e. The maximum absolute atomic E-state index is 12.8. The van der Waals surface area contributed by atoms with Crippen LogP contribution >= 0.6 is 11.3 Å². The molecule has 23 heavy (non-hydrogen) atoms. The summed E-state index contributed by atoms with van der Waals surface area (Å²) in [5.74, 6) is -0.177. The first-order valence-electron chi connectivity index (χ1n) is 8.19. The van der Waals surface area contributed by atoms with Crippen LogP contribution in [0, 0.1) is 5.82 Å². The number of carbonyl (C=O) groups is 1. The van der Waals surface area contributed by atoms with Gasteiger partial charge in [0.2, 0.25) is 5.91 Å². The van der Waals surface area contributed by atoms with Crippen molar-refractivity contribution < 1.29 is 9.18 Å². The molecular weight excluding hydrogens is 311 g/mol. The summed E-state index contributed by atoms with van der Waals surface area (Å²) >= 11 is 1.77. The van der Waals surface area contributed by atoms with Crippen molar-refractivity contribution >= 4 is 17.2 Å². The van der Waals surface area contributed by atoms with E-state index < -0.39 is 0 Å². The molecule has 1 heterocycles. The Morgan fingerprint density at radius 2 is 1.96 bits per heavy atom. The van der Waals surface area contributed by atoms with Gasteiger partial charge in [-0.1, -0.05) is 12.1 Å². The fraction of sp³-hybridized carbons (Fsp3) is 0.444. The van der Waals surface area contributed by atoms with Crippen LogP contribution in [0.3, 0.4) is 0 Å². The van der Waals surface area contributed by atoms with Gasteiger partial charge in [0.05, 0.1) is 10.7 Å². The second kappa shape index (κ2) is 7.68. The first kappa shape index (κ1) is 16.1. The van der Waals surface area contributed by atoms with E-state index in [1.54, 1.807) is 23.5 Å². The molecule has 0 spiro atoms. The minimum Gasteiger partial charge on any atom is -0.356 e. The van der Waals surface area contributed by atoms with Crippen molar-refractivity contribution in [1.82, 2.24) is 10.3 Å². The molecule has 0 fully saturated rings. The molecule has 0 bridgehead atoms. The first-order valence-corrected chi connectivity index (χ1v) is 9.01. The minimum atomic E-state index is -0.232. The normalized spacial score (nSPS) is 13.6. The maximum atomic E-state index is 12.8. The predicted molar refractivity (Wildman–Crippen MR) is 90.2 cm³/mol. The summed E-state index contributed by atoms with van der Waals surface area (Å²) in [4.78, 5) is 18.0. The lowest BCUT2D eigenvalue weighted by molar-refractivity contribution is -0.121. The number of fused-ring (bicyclic) bond motifs is 1. The second-order valence-corrected chi connectivity index (χ2v) is 7.08. The Hall–Kier alpha value is -1.75. The Bertz CT molecular complexity index is 643. The number of aromatic nitrogens is 1. The minimum absolute atomic E-state index is 0.0558. The summed E-state index contributed by atoms with van der Waals surface area (Å²) < 4.78 is 12.8. The van der Waals surface area contributed by atoms with Crippen molar-refractivity contribution in [3.8, 4) is 0 Å². The third kappa shape index (κ3) is 4.61. The van der Waals surface area contributed by atoms with Gasteiger partial charge in [0, 0.05) is 24.3 Å². The van der Waals surface area contributed by atoms with Gasteiger partial charge in [-0.05, 0) is 49.8 Å². The molecule has 0 saturated carbocycles. The van der Waals surface area contributed by atoms with Crippen LogP contribution in [0.5, 0.6) is 0 Å². The van der Waals surface area contributed by atoms with E-state index in [9.17, 15) is 9.18 Å². The summed E-state index contributed by atoms with van der Waals surface area (Å²) in [5, 5.41) is 4.01. The van der Waals surface area contributed by atoms with Gasteiger partial charge in [-0.2, -0.15) is 0 Å². The van der Waals surface area contributed by atoms with Crippen LogP contribution < -0.4 is 5.32 Å². The van der Waals surface area contributed by atoms with Crippen LogP contribution in [0.4, 0.5) is 4.39 Å². The topological polar surface area (TPSA) is 42.0 Å². The predicted octanol–water partition coefficient (Wildman–Crippen LogP) is 3.45. The van der Waals surface area contributed by atoms with Crippen LogP contribution in [-0.2, 0) is 30.5 Å². The summed E-state index contributed by atoms with van der Waals surface area (Å²) in [6.45, 7) is 0.582. The average Bonchev–Trinajstić information content (AvgIpc) is 2.98. The van der Waals surface area contributed by atoms with Gasteiger partial charge in [-0.3, -0.25) is 4.79 Å². The van der Waals surface area contributed by atoms with E-state index in [-0.39, 0.29) is 11.7 Å². The number of nitrogens with zero attached hydrogens (tertiary/aromatic N) is 1. The number of hydrogen-bond donors (Lipinski definition) is 1. The number of carbonyl (C=O) groups excluding carboxylic acids is 1. The molecule has 5 heteroatoms. The van der Waals surface area contributed by atoms with Gasteiger partial charge in [-0.25, -0.2) is 9.37 Å². The third-order valence-corrected chi connectivity index (χ3v) is 5.32. The fourth-order valence-corrected chi connectivity index (χ4v) is 3.97. The number of thiazole rings is 1. The van der Waals surface area contributed by atoms with Crippen LogP contribution in [-0.4, -0.2) is 17.4 Å². The SMILES string of the molecule is O=C(CCc1nc2c(s1)CCCC2)NCCc1ccc(F)cc1. The van der Waals surface area contributed by atoms with Crippen LogP contribution in [0.2, 0.25) is 0 Å². The van der Waals surface area contributed by atoms with Crippen molar-refractivity contribution in [3.05, 3.63) is 51.2 Å². The Kier molecular flexibility index (Phi) is 5.39. The van der Waals surface area contributed by atoms with E-state index in [4.69, 9.17) is 0 Å². The van der Waals surface area contributed by atoms with Gasteiger partial charge in [0.1, 0.15) is 5.82 Å². The van der Waals surface area contributed by atoms with Gasteiger partial charge in [0.15, 0.2) is 0 Å². The zero-order chi connectivity index (χ0) is 16.1. The molecule has 0 atom stereocenters. The molecule has 1 aromatic carbocycles. The lowest BCUT2D eigenvalue weighted by Crippen LogP contribution is -2.25. The molecule has 1 aromatic heterocycles. The van der Waals surface area contributed by atoms with E-state index in [1.165, 1.54) is 35.5 Å². The Morgan fingerprint density at radius 1 is 1.17 bits per heavy atom. The molecule has 0 aliphatic heterocycles. The highest BCUT2D eigenvalue weighted by Crippen LogP contribution is 2.27. The van der Waals surface area contributed by atoms with Gasteiger partial charge in [-0.15, -0.1) is 11.3 Å². The molecule has 122 valence electrons. The van der Waals surface area contributed by atoms with Crippen molar-refractivity contribution in [1.29, 1.82) is 0 Å². The molecule has 1 aliphatic rings. The highest BCUT2D eigenvalue weighted by atomic mass is 32.1. The van der Waals surface area contributed by atoms with Crippen molar-refractivity contribution in [2.24, 2.45) is 0 Å². The molecule has 1 aliphatic carbocycles. The van der Waals surface area contributed by atoms with Crippen LogP contribution in [0.15, 0.2) is 24.3 Å². The quantitative estimate of drug-likeness (QED) is 0.880. The fourth-order valence-electron chi connectivity index (χ4n) is 2.82. The summed E-state index contributed by atoms with van der Waals surface area (Å²) in [5.41, 5.74) is 2.28. The standard InChI is InChI=1S/C18H21FN2OS/c19-14-7-5-13(6-8-14)11-12-20-17(22)9-10-18-21-15-3-1-2-4-16(15)23-18/h5-8H,1-4,9-12H2,(H,20,22). The van der Waals surface area contributed by atoms with E-state index in [1.807, 2.05) is 0 Å². The number of nitrogens with one attached hydrogen (secondary N) is 1. The number of aryl methyl sites for hydroxylation is 3. The second-order valence-electron chi connectivity index (χ2n) is 5.91. The average molecular weight is 332 g/mol.